The van der Waals surface area contributed by atoms with Gasteiger partial charge in [-0.3, -0.25) is 10.2 Å². The second kappa shape index (κ2) is 7.08. The van der Waals surface area contributed by atoms with Gasteiger partial charge in [0.15, 0.2) is 0 Å². The highest BCUT2D eigenvalue weighted by Gasteiger charge is 2.28. The van der Waals surface area contributed by atoms with E-state index in [1.807, 2.05) is 6.92 Å². The minimum atomic E-state index is -0.396. The fourth-order valence-corrected chi connectivity index (χ4v) is 2.77. The molecule has 0 radical (unpaired) electrons. The first-order chi connectivity index (χ1) is 8.50. The Morgan fingerprint density at radius 1 is 1.33 bits per heavy atom. The van der Waals surface area contributed by atoms with Crippen molar-refractivity contribution in [2.75, 3.05) is 39.8 Å². The lowest BCUT2D eigenvalue weighted by Crippen LogP contribution is -2.47. The summed E-state index contributed by atoms with van der Waals surface area (Å²) >= 11 is 0. The topological polar surface area (TPSA) is 42.3 Å². The molecule has 104 valence electrons. The lowest BCUT2D eigenvalue weighted by molar-refractivity contribution is 0.182. The van der Waals surface area contributed by atoms with Gasteiger partial charge in [-0.25, -0.2) is 0 Å². The van der Waals surface area contributed by atoms with E-state index in [4.69, 9.17) is 0 Å². The Morgan fingerprint density at radius 2 is 2.06 bits per heavy atom. The van der Waals surface area contributed by atoms with Gasteiger partial charge in [0, 0.05) is 19.1 Å². The maximum atomic E-state index is 9.32. The van der Waals surface area contributed by atoms with Gasteiger partial charge in [0.25, 0.3) is 0 Å². The maximum Gasteiger partial charge on any atom is 0.105 e. The van der Waals surface area contributed by atoms with Crippen molar-refractivity contribution < 1.29 is 0 Å². The lowest BCUT2D eigenvalue weighted by Gasteiger charge is -2.33. The van der Waals surface area contributed by atoms with Crippen LogP contribution in [0.25, 0.3) is 0 Å². The quantitative estimate of drug-likeness (QED) is 0.801. The molecular weight excluding hydrogens is 224 g/mol. The Labute approximate surface area is 112 Å². The monoisotopic (exact) mass is 252 g/mol. The summed E-state index contributed by atoms with van der Waals surface area (Å²) in [6, 6.07) is 2.88. The van der Waals surface area contributed by atoms with E-state index in [0.29, 0.717) is 6.04 Å². The number of hydrogen-bond donors (Lipinski definition) is 1. The average molecular weight is 252 g/mol. The molecule has 1 aliphatic rings. The number of nitrogens with one attached hydrogen (secondary N) is 1. The fourth-order valence-electron chi connectivity index (χ4n) is 2.77. The number of nitrogens with zero attached hydrogens (tertiary/aromatic N) is 3. The smallest absolute Gasteiger partial charge is 0.105 e. The number of nitriles is 1. The SMILES string of the molecule is CCNC(C)(C#N)CC(C)N1CCCN(C)CC1. The van der Waals surface area contributed by atoms with Crippen molar-refractivity contribution in [1.29, 1.82) is 5.26 Å². The predicted molar refractivity (Wildman–Crippen MR) is 75.5 cm³/mol. The third-order valence-electron chi connectivity index (χ3n) is 3.89. The molecule has 0 aromatic rings. The largest absolute Gasteiger partial charge is 0.305 e. The van der Waals surface area contributed by atoms with Crippen molar-refractivity contribution in [3.8, 4) is 6.07 Å². The Hall–Kier alpha value is -0.630. The zero-order valence-electron chi connectivity index (χ0n) is 12.4. The number of hydrogen-bond acceptors (Lipinski definition) is 4. The Kier molecular flexibility index (Phi) is 6.07. The summed E-state index contributed by atoms with van der Waals surface area (Å²) in [7, 11) is 2.19. The molecule has 0 bridgehead atoms. The van der Waals surface area contributed by atoms with Crippen LogP contribution in [0.1, 0.15) is 33.6 Å². The molecule has 2 unspecified atom stereocenters. The first kappa shape index (κ1) is 15.4. The van der Waals surface area contributed by atoms with E-state index in [1.165, 1.54) is 13.0 Å². The molecule has 4 heteroatoms. The second-order valence-corrected chi connectivity index (χ2v) is 5.72. The van der Waals surface area contributed by atoms with Crippen LogP contribution in [0.2, 0.25) is 0 Å². The minimum Gasteiger partial charge on any atom is -0.305 e. The highest BCUT2D eigenvalue weighted by Crippen LogP contribution is 2.17. The van der Waals surface area contributed by atoms with Gasteiger partial charge in [-0.1, -0.05) is 6.92 Å². The van der Waals surface area contributed by atoms with Crippen LogP contribution in [-0.4, -0.2) is 61.2 Å². The lowest BCUT2D eigenvalue weighted by atomic mass is 9.94. The van der Waals surface area contributed by atoms with Crippen LogP contribution >= 0.6 is 0 Å². The molecule has 1 rings (SSSR count). The summed E-state index contributed by atoms with van der Waals surface area (Å²) in [6.45, 7) is 11.8. The van der Waals surface area contributed by atoms with E-state index >= 15 is 0 Å². The zero-order chi connectivity index (χ0) is 13.6. The van der Waals surface area contributed by atoms with Gasteiger partial charge >= 0.3 is 0 Å². The molecule has 1 fully saturated rings. The molecule has 0 aliphatic carbocycles. The van der Waals surface area contributed by atoms with Crippen molar-refractivity contribution in [3.63, 3.8) is 0 Å². The van der Waals surface area contributed by atoms with Crippen LogP contribution in [0.5, 0.6) is 0 Å². The highest BCUT2D eigenvalue weighted by atomic mass is 15.2. The van der Waals surface area contributed by atoms with Gasteiger partial charge in [-0.15, -0.1) is 0 Å². The van der Waals surface area contributed by atoms with Crippen LogP contribution in [0.4, 0.5) is 0 Å². The molecule has 0 amide bonds. The van der Waals surface area contributed by atoms with E-state index in [2.05, 4.69) is 42.1 Å². The van der Waals surface area contributed by atoms with Gasteiger partial charge in [0.2, 0.25) is 0 Å². The van der Waals surface area contributed by atoms with Crippen LogP contribution in [0.15, 0.2) is 0 Å². The van der Waals surface area contributed by atoms with Crippen molar-refractivity contribution in [2.45, 2.75) is 45.2 Å². The molecule has 0 spiro atoms. The van der Waals surface area contributed by atoms with E-state index in [-0.39, 0.29) is 0 Å². The normalized spacial score (nSPS) is 23.9. The van der Waals surface area contributed by atoms with Crippen molar-refractivity contribution >= 4 is 0 Å². The molecule has 1 aliphatic heterocycles. The standard InChI is InChI=1S/C14H28N4/c1-5-16-14(3,12-15)11-13(2)18-8-6-7-17(4)9-10-18/h13,16H,5-11H2,1-4H3. The van der Waals surface area contributed by atoms with Gasteiger partial charge < -0.3 is 4.90 Å². The summed E-state index contributed by atoms with van der Waals surface area (Å²) in [5.74, 6) is 0. The molecule has 2 atom stereocenters. The second-order valence-electron chi connectivity index (χ2n) is 5.72. The summed E-state index contributed by atoms with van der Waals surface area (Å²) in [5, 5.41) is 12.6. The maximum absolute atomic E-state index is 9.32. The van der Waals surface area contributed by atoms with Gasteiger partial charge in [-0.2, -0.15) is 5.26 Å². The van der Waals surface area contributed by atoms with Crippen LogP contribution in [0, 0.1) is 11.3 Å². The van der Waals surface area contributed by atoms with Crippen LogP contribution < -0.4 is 5.32 Å². The Bertz CT molecular complexity index is 286. The first-order valence-corrected chi connectivity index (χ1v) is 7.09. The van der Waals surface area contributed by atoms with Crippen molar-refractivity contribution in [3.05, 3.63) is 0 Å². The molecule has 4 nitrogen and oxygen atoms in total. The Balaban J connectivity index is 2.53. The van der Waals surface area contributed by atoms with Crippen LogP contribution in [0.3, 0.4) is 0 Å². The average Bonchev–Trinajstić information content (AvgIpc) is 2.54. The predicted octanol–water partition coefficient (Wildman–Crippen LogP) is 1.29. The van der Waals surface area contributed by atoms with E-state index in [0.717, 1.165) is 32.6 Å². The summed E-state index contributed by atoms with van der Waals surface area (Å²) in [5.41, 5.74) is -0.396. The van der Waals surface area contributed by atoms with Gasteiger partial charge in [0.1, 0.15) is 5.54 Å². The summed E-state index contributed by atoms with van der Waals surface area (Å²) < 4.78 is 0. The zero-order valence-corrected chi connectivity index (χ0v) is 12.4. The van der Waals surface area contributed by atoms with Gasteiger partial charge in [0.05, 0.1) is 6.07 Å². The number of likely N-dealkylation sites (N-methyl/N-ethyl adjacent to an activating group) is 1. The molecule has 1 saturated heterocycles. The van der Waals surface area contributed by atoms with E-state index in [9.17, 15) is 5.26 Å². The summed E-state index contributed by atoms with van der Waals surface area (Å²) in [6.07, 6.45) is 2.12. The van der Waals surface area contributed by atoms with Gasteiger partial charge in [-0.05, 0) is 53.4 Å². The third kappa shape index (κ3) is 4.56. The minimum absolute atomic E-state index is 0.396. The van der Waals surface area contributed by atoms with Crippen molar-refractivity contribution in [1.82, 2.24) is 15.1 Å². The molecular formula is C14H28N4. The van der Waals surface area contributed by atoms with E-state index in [1.54, 1.807) is 0 Å². The molecule has 0 aromatic carbocycles. The summed E-state index contributed by atoms with van der Waals surface area (Å²) in [4.78, 5) is 4.91. The molecule has 0 aromatic heterocycles. The molecule has 1 N–H and O–H groups in total. The van der Waals surface area contributed by atoms with Crippen LogP contribution in [-0.2, 0) is 0 Å². The van der Waals surface area contributed by atoms with E-state index < -0.39 is 5.54 Å². The highest BCUT2D eigenvalue weighted by molar-refractivity contribution is 5.05. The molecule has 1 heterocycles. The fraction of sp³-hybridized carbons (Fsp3) is 0.929. The Morgan fingerprint density at radius 3 is 2.67 bits per heavy atom. The molecule has 18 heavy (non-hydrogen) atoms. The third-order valence-corrected chi connectivity index (χ3v) is 3.89. The van der Waals surface area contributed by atoms with Crippen molar-refractivity contribution in [2.24, 2.45) is 0 Å². The number of rotatable bonds is 5. The molecule has 0 saturated carbocycles. The first-order valence-electron chi connectivity index (χ1n) is 7.09.